The normalized spacial score (nSPS) is 17.1. The van der Waals surface area contributed by atoms with E-state index in [0.29, 0.717) is 0 Å². The molecule has 2 aromatic rings. The second kappa shape index (κ2) is 5.24. The molecule has 19 heavy (non-hydrogen) atoms. The molecule has 1 saturated carbocycles. The number of aryl methyl sites for hydroxylation is 2. The third kappa shape index (κ3) is 2.46. The van der Waals surface area contributed by atoms with Crippen LogP contribution in [0.4, 0.5) is 5.69 Å². The summed E-state index contributed by atoms with van der Waals surface area (Å²) in [5.41, 5.74) is 8.90. The lowest BCUT2D eigenvalue weighted by molar-refractivity contribution is 0.336. The molecule has 1 aliphatic carbocycles. The van der Waals surface area contributed by atoms with Crippen LogP contribution in [0.1, 0.15) is 44.3 Å². The molecule has 0 bridgehead atoms. The molecule has 0 saturated heterocycles. The van der Waals surface area contributed by atoms with Gasteiger partial charge in [0.2, 0.25) is 0 Å². The highest BCUT2D eigenvalue weighted by Crippen LogP contribution is 2.28. The Balaban J connectivity index is 1.77. The van der Waals surface area contributed by atoms with E-state index in [0.717, 1.165) is 29.1 Å². The van der Waals surface area contributed by atoms with Crippen LogP contribution in [-0.4, -0.2) is 9.55 Å². The van der Waals surface area contributed by atoms with Gasteiger partial charge < -0.3 is 10.3 Å². The maximum atomic E-state index is 6.00. The predicted molar refractivity (Wildman–Crippen MR) is 80.0 cm³/mol. The van der Waals surface area contributed by atoms with Gasteiger partial charge in [0.15, 0.2) is 0 Å². The summed E-state index contributed by atoms with van der Waals surface area (Å²) in [6.07, 6.45) is 9.43. The van der Waals surface area contributed by atoms with Gasteiger partial charge in [0.25, 0.3) is 0 Å². The Labute approximate surface area is 114 Å². The number of rotatable bonds is 3. The Morgan fingerprint density at radius 3 is 2.79 bits per heavy atom. The van der Waals surface area contributed by atoms with Gasteiger partial charge in [0, 0.05) is 13.5 Å². The molecule has 2 N–H and O–H groups in total. The summed E-state index contributed by atoms with van der Waals surface area (Å²) in [6.45, 7) is 0. The summed E-state index contributed by atoms with van der Waals surface area (Å²) in [7, 11) is 2.10. The number of para-hydroxylation sites is 1. The van der Waals surface area contributed by atoms with Crippen LogP contribution in [0.25, 0.3) is 11.0 Å². The molecule has 3 nitrogen and oxygen atoms in total. The predicted octanol–water partition coefficient (Wildman–Crippen LogP) is 3.67. The Hall–Kier alpha value is -1.51. The third-order valence-electron chi connectivity index (χ3n) is 4.54. The first-order chi connectivity index (χ1) is 9.25. The maximum absolute atomic E-state index is 6.00. The van der Waals surface area contributed by atoms with Crippen molar-refractivity contribution in [3.8, 4) is 0 Å². The van der Waals surface area contributed by atoms with Crippen LogP contribution in [0.3, 0.4) is 0 Å². The molecule has 1 fully saturated rings. The zero-order valence-electron chi connectivity index (χ0n) is 11.7. The van der Waals surface area contributed by atoms with E-state index < -0.39 is 0 Å². The zero-order valence-corrected chi connectivity index (χ0v) is 11.7. The molecular formula is C16H23N3. The fourth-order valence-corrected chi connectivity index (χ4v) is 3.32. The van der Waals surface area contributed by atoms with Crippen molar-refractivity contribution in [1.82, 2.24) is 9.55 Å². The molecule has 1 aromatic carbocycles. The lowest BCUT2D eigenvalue weighted by atomic mass is 9.86. The summed E-state index contributed by atoms with van der Waals surface area (Å²) in [6, 6.07) is 6.04. The van der Waals surface area contributed by atoms with Crippen LogP contribution in [0, 0.1) is 5.92 Å². The van der Waals surface area contributed by atoms with Gasteiger partial charge in [-0.2, -0.15) is 0 Å². The van der Waals surface area contributed by atoms with E-state index in [9.17, 15) is 0 Å². The zero-order chi connectivity index (χ0) is 13.2. The molecule has 1 aromatic heterocycles. The Morgan fingerprint density at radius 2 is 2.05 bits per heavy atom. The number of nitrogens with zero attached hydrogens (tertiary/aromatic N) is 2. The van der Waals surface area contributed by atoms with E-state index in [1.807, 2.05) is 12.1 Å². The van der Waals surface area contributed by atoms with Gasteiger partial charge in [0.1, 0.15) is 11.3 Å². The lowest BCUT2D eigenvalue weighted by Gasteiger charge is -2.21. The minimum absolute atomic E-state index is 0.789. The quantitative estimate of drug-likeness (QED) is 0.853. The van der Waals surface area contributed by atoms with Crippen LogP contribution in [0.2, 0.25) is 0 Å². The molecule has 0 amide bonds. The number of benzene rings is 1. The molecule has 1 heterocycles. The highest BCUT2D eigenvalue weighted by atomic mass is 15.1. The van der Waals surface area contributed by atoms with Crippen molar-refractivity contribution in [3.63, 3.8) is 0 Å². The second-order valence-electron chi connectivity index (χ2n) is 5.84. The molecule has 0 aliphatic heterocycles. The van der Waals surface area contributed by atoms with Crippen molar-refractivity contribution in [3.05, 3.63) is 24.0 Å². The van der Waals surface area contributed by atoms with E-state index in [1.54, 1.807) is 0 Å². The van der Waals surface area contributed by atoms with Crippen molar-refractivity contribution in [2.24, 2.45) is 13.0 Å². The van der Waals surface area contributed by atoms with Crippen molar-refractivity contribution in [2.45, 2.75) is 44.9 Å². The Bertz CT molecular complexity index is 565. The van der Waals surface area contributed by atoms with E-state index in [1.165, 1.54) is 44.3 Å². The fourth-order valence-electron chi connectivity index (χ4n) is 3.32. The third-order valence-corrected chi connectivity index (χ3v) is 4.54. The minimum atomic E-state index is 0.789. The van der Waals surface area contributed by atoms with Crippen LogP contribution in [0.5, 0.6) is 0 Å². The Morgan fingerprint density at radius 1 is 1.26 bits per heavy atom. The number of imidazole rings is 1. The van der Waals surface area contributed by atoms with E-state index in [-0.39, 0.29) is 0 Å². The number of aromatic nitrogens is 2. The molecule has 3 rings (SSSR count). The van der Waals surface area contributed by atoms with Gasteiger partial charge >= 0.3 is 0 Å². The summed E-state index contributed by atoms with van der Waals surface area (Å²) in [5, 5.41) is 0. The smallest absolute Gasteiger partial charge is 0.112 e. The highest BCUT2D eigenvalue weighted by Gasteiger charge is 2.15. The van der Waals surface area contributed by atoms with Crippen molar-refractivity contribution in [1.29, 1.82) is 0 Å². The summed E-state index contributed by atoms with van der Waals surface area (Å²) < 4.78 is 2.20. The molecule has 0 radical (unpaired) electrons. The van der Waals surface area contributed by atoms with Crippen molar-refractivity contribution in [2.75, 3.05) is 5.73 Å². The highest BCUT2D eigenvalue weighted by molar-refractivity contribution is 5.87. The molecule has 102 valence electrons. The largest absolute Gasteiger partial charge is 0.397 e. The van der Waals surface area contributed by atoms with Gasteiger partial charge in [-0.25, -0.2) is 4.98 Å². The van der Waals surface area contributed by atoms with Crippen molar-refractivity contribution < 1.29 is 0 Å². The van der Waals surface area contributed by atoms with Crippen LogP contribution >= 0.6 is 0 Å². The van der Waals surface area contributed by atoms with Crippen LogP contribution in [-0.2, 0) is 13.5 Å². The first kappa shape index (κ1) is 12.5. The number of nitrogens with two attached hydrogens (primary N) is 1. The average molecular weight is 257 g/mol. The molecule has 0 spiro atoms. The monoisotopic (exact) mass is 257 g/mol. The Kier molecular flexibility index (Phi) is 3.45. The van der Waals surface area contributed by atoms with E-state index in [2.05, 4.69) is 17.7 Å². The molecule has 3 heteroatoms. The summed E-state index contributed by atoms with van der Waals surface area (Å²) >= 11 is 0. The fraction of sp³-hybridized carbons (Fsp3) is 0.562. The molecule has 1 aliphatic rings. The number of nitrogen functional groups attached to an aromatic ring is 1. The minimum Gasteiger partial charge on any atom is -0.397 e. The van der Waals surface area contributed by atoms with E-state index in [4.69, 9.17) is 10.7 Å². The van der Waals surface area contributed by atoms with Gasteiger partial charge in [0.05, 0.1) is 11.2 Å². The summed E-state index contributed by atoms with van der Waals surface area (Å²) in [4.78, 5) is 4.73. The first-order valence-electron chi connectivity index (χ1n) is 7.45. The van der Waals surface area contributed by atoms with Crippen LogP contribution in [0.15, 0.2) is 18.2 Å². The standard InChI is InChI=1S/C16H23N3/c1-19-14-9-5-8-13(17)16(14)18-15(19)11-10-12-6-3-2-4-7-12/h5,8-9,12H,2-4,6-7,10-11,17H2,1H3. The SMILES string of the molecule is Cn1c(CCC2CCCCC2)nc2c(N)cccc21. The average Bonchev–Trinajstić information content (AvgIpc) is 2.77. The topological polar surface area (TPSA) is 43.8 Å². The lowest BCUT2D eigenvalue weighted by Crippen LogP contribution is -2.09. The number of hydrogen-bond donors (Lipinski definition) is 1. The number of fused-ring (bicyclic) bond motifs is 1. The van der Waals surface area contributed by atoms with E-state index >= 15 is 0 Å². The van der Waals surface area contributed by atoms with Gasteiger partial charge in [-0.3, -0.25) is 0 Å². The molecule has 0 unspecified atom stereocenters. The van der Waals surface area contributed by atoms with Crippen LogP contribution < -0.4 is 5.73 Å². The van der Waals surface area contributed by atoms with Crippen molar-refractivity contribution >= 4 is 16.7 Å². The molecule has 0 atom stereocenters. The maximum Gasteiger partial charge on any atom is 0.112 e. The first-order valence-corrected chi connectivity index (χ1v) is 7.45. The number of hydrogen-bond acceptors (Lipinski definition) is 2. The van der Waals surface area contributed by atoms with Gasteiger partial charge in [-0.05, 0) is 24.5 Å². The second-order valence-corrected chi connectivity index (χ2v) is 5.84. The molecular weight excluding hydrogens is 234 g/mol. The van der Waals surface area contributed by atoms with Gasteiger partial charge in [-0.1, -0.05) is 38.2 Å². The summed E-state index contributed by atoms with van der Waals surface area (Å²) in [5.74, 6) is 2.09. The van der Waals surface area contributed by atoms with Gasteiger partial charge in [-0.15, -0.1) is 0 Å². The number of anilines is 1.